The highest BCUT2D eigenvalue weighted by Gasteiger charge is 2.23. The molecule has 0 spiro atoms. The molecule has 1 N–H and O–H groups in total. The van der Waals surface area contributed by atoms with Crippen LogP contribution in [0.15, 0.2) is 46.9 Å². The van der Waals surface area contributed by atoms with Crippen LogP contribution in [0.2, 0.25) is 0 Å². The van der Waals surface area contributed by atoms with Gasteiger partial charge in [-0.25, -0.2) is 0 Å². The standard InChI is InChI=1S/C18H20BrNO/c1-12-6-7-18-15(8-12)10-17(21-18)11-20-13(2)14-4-3-5-16(19)9-14/h3-9,13,17,20H,10-11H2,1-2H3. The van der Waals surface area contributed by atoms with E-state index < -0.39 is 0 Å². The van der Waals surface area contributed by atoms with Gasteiger partial charge in [0, 0.05) is 23.5 Å². The second-order valence-corrected chi connectivity index (χ2v) is 6.66. The molecule has 1 aliphatic rings. The number of hydrogen-bond acceptors (Lipinski definition) is 2. The second-order valence-electron chi connectivity index (χ2n) is 5.74. The molecule has 0 saturated heterocycles. The van der Waals surface area contributed by atoms with Crippen LogP contribution in [0.4, 0.5) is 0 Å². The number of fused-ring (bicyclic) bond motifs is 1. The van der Waals surface area contributed by atoms with Crippen LogP contribution in [0.25, 0.3) is 0 Å². The first-order valence-electron chi connectivity index (χ1n) is 7.37. The highest BCUT2D eigenvalue weighted by molar-refractivity contribution is 9.10. The summed E-state index contributed by atoms with van der Waals surface area (Å²) in [6, 6.07) is 15.2. The maximum absolute atomic E-state index is 6.00. The summed E-state index contributed by atoms with van der Waals surface area (Å²) in [6.45, 7) is 5.18. The van der Waals surface area contributed by atoms with E-state index in [2.05, 4.69) is 77.6 Å². The quantitative estimate of drug-likeness (QED) is 0.885. The molecule has 2 atom stereocenters. The lowest BCUT2D eigenvalue weighted by Gasteiger charge is -2.18. The van der Waals surface area contributed by atoms with Gasteiger partial charge in [-0.2, -0.15) is 0 Å². The number of halogens is 1. The van der Waals surface area contributed by atoms with Crippen molar-refractivity contribution in [2.45, 2.75) is 32.4 Å². The van der Waals surface area contributed by atoms with Crippen molar-refractivity contribution < 1.29 is 4.74 Å². The van der Waals surface area contributed by atoms with Crippen LogP contribution in [0.3, 0.4) is 0 Å². The maximum Gasteiger partial charge on any atom is 0.123 e. The molecule has 2 unspecified atom stereocenters. The predicted molar refractivity (Wildman–Crippen MR) is 89.9 cm³/mol. The van der Waals surface area contributed by atoms with Gasteiger partial charge in [0.2, 0.25) is 0 Å². The molecule has 0 aliphatic carbocycles. The molecule has 110 valence electrons. The summed E-state index contributed by atoms with van der Waals surface area (Å²) in [5.41, 5.74) is 3.92. The van der Waals surface area contributed by atoms with E-state index in [-0.39, 0.29) is 6.10 Å². The molecule has 0 aromatic heterocycles. The van der Waals surface area contributed by atoms with Gasteiger partial charge in [-0.1, -0.05) is 45.8 Å². The average molecular weight is 346 g/mol. The zero-order valence-electron chi connectivity index (χ0n) is 12.4. The van der Waals surface area contributed by atoms with Gasteiger partial charge in [-0.15, -0.1) is 0 Å². The topological polar surface area (TPSA) is 21.3 Å². The number of hydrogen-bond donors (Lipinski definition) is 1. The molecule has 0 amide bonds. The summed E-state index contributed by atoms with van der Waals surface area (Å²) in [5.74, 6) is 1.04. The number of aryl methyl sites for hydroxylation is 1. The monoisotopic (exact) mass is 345 g/mol. The Morgan fingerprint density at radius 1 is 1.29 bits per heavy atom. The molecular weight excluding hydrogens is 326 g/mol. The summed E-state index contributed by atoms with van der Waals surface area (Å²) in [7, 11) is 0. The van der Waals surface area contributed by atoms with E-state index in [1.165, 1.54) is 16.7 Å². The largest absolute Gasteiger partial charge is 0.488 e. The van der Waals surface area contributed by atoms with Crippen LogP contribution >= 0.6 is 15.9 Å². The van der Waals surface area contributed by atoms with E-state index in [0.717, 1.165) is 23.2 Å². The van der Waals surface area contributed by atoms with E-state index in [1.54, 1.807) is 0 Å². The van der Waals surface area contributed by atoms with Crippen molar-refractivity contribution in [2.75, 3.05) is 6.54 Å². The Morgan fingerprint density at radius 2 is 2.14 bits per heavy atom. The number of benzene rings is 2. The molecule has 3 rings (SSSR count). The molecule has 1 aliphatic heterocycles. The van der Waals surface area contributed by atoms with Crippen molar-refractivity contribution >= 4 is 15.9 Å². The minimum Gasteiger partial charge on any atom is -0.488 e. The molecule has 0 bridgehead atoms. The maximum atomic E-state index is 6.00. The fourth-order valence-electron chi connectivity index (χ4n) is 2.77. The molecule has 21 heavy (non-hydrogen) atoms. The highest BCUT2D eigenvalue weighted by atomic mass is 79.9. The van der Waals surface area contributed by atoms with E-state index in [9.17, 15) is 0 Å². The van der Waals surface area contributed by atoms with Gasteiger partial charge in [-0.05, 0) is 43.2 Å². The summed E-state index contributed by atoms with van der Waals surface area (Å²) in [5, 5.41) is 3.57. The first kappa shape index (κ1) is 14.6. The van der Waals surface area contributed by atoms with Crippen LogP contribution < -0.4 is 10.1 Å². The van der Waals surface area contributed by atoms with Crippen molar-refractivity contribution in [1.82, 2.24) is 5.32 Å². The van der Waals surface area contributed by atoms with E-state index in [0.29, 0.717) is 6.04 Å². The van der Waals surface area contributed by atoms with Crippen LogP contribution in [0.5, 0.6) is 5.75 Å². The first-order chi connectivity index (χ1) is 10.1. The lowest BCUT2D eigenvalue weighted by atomic mass is 10.1. The Hall–Kier alpha value is -1.32. The van der Waals surface area contributed by atoms with E-state index in [1.807, 2.05) is 0 Å². The Bertz CT molecular complexity index is 641. The van der Waals surface area contributed by atoms with E-state index >= 15 is 0 Å². The molecule has 0 fully saturated rings. The Morgan fingerprint density at radius 3 is 2.95 bits per heavy atom. The third-order valence-corrected chi connectivity index (χ3v) is 4.45. The number of rotatable bonds is 4. The zero-order chi connectivity index (χ0) is 14.8. The van der Waals surface area contributed by atoms with Crippen molar-refractivity contribution in [3.63, 3.8) is 0 Å². The third-order valence-electron chi connectivity index (χ3n) is 3.96. The molecular formula is C18H20BrNO. The fourth-order valence-corrected chi connectivity index (χ4v) is 3.18. The van der Waals surface area contributed by atoms with Crippen molar-refractivity contribution in [3.05, 3.63) is 63.6 Å². The highest BCUT2D eigenvalue weighted by Crippen LogP contribution is 2.29. The Balaban J connectivity index is 1.57. The van der Waals surface area contributed by atoms with Gasteiger partial charge in [0.1, 0.15) is 11.9 Å². The molecule has 2 nitrogen and oxygen atoms in total. The van der Waals surface area contributed by atoms with Gasteiger partial charge in [0.25, 0.3) is 0 Å². The Labute approximate surface area is 134 Å². The predicted octanol–water partition coefficient (Wildman–Crippen LogP) is 4.41. The number of ether oxygens (including phenoxy) is 1. The SMILES string of the molecule is Cc1ccc2c(c1)CC(CNC(C)c1cccc(Br)c1)O2. The van der Waals surface area contributed by atoms with Gasteiger partial charge in [0.05, 0.1) is 0 Å². The molecule has 2 aromatic rings. The Kier molecular flexibility index (Phi) is 4.32. The van der Waals surface area contributed by atoms with Gasteiger partial charge in [-0.3, -0.25) is 0 Å². The summed E-state index contributed by atoms with van der Waals surface area (Å²) < 4.78 is 7.12. The molecule has 0 saturated carbocycles. The lowest BCUT2D eigenvalue weighted by molar-refractivity contribution is 0.222. The number of nitrogens with one attached hydrogen (secondary N) is 1. The minimum atomic E-state index is 0.233. The summed E-state index contributed by atoms with van der Waals surface area (Å²) >= 11 is 3.52. The van der Waals surface area contributed by atoms with Crippen LogP contribution in [-0.4, -0.2) is 12.6 Å². The van der Waals surface area contributed by atoms with Crippen LogP contribution in [-0.2, 0) is 6.42 Å². The third kappa shape index (κ3) is 3.47. The minimum absolute atomic E-state index is 0.233. The first-order valence-corrected chi connectivity index (χ1v) is 8.16. The van der Waals surface area contributed by atoms with Crippen molar-refractivity contribution in [3.8, 4) is 5.75 Å². The van der Waals surface area contributed by atoms with E-state index in [4.69, 9.17) is 4.74 Å². The summed E-state index contributed by atoms with van der Waals surface area (Å²) in [4.78, 5) is 0. The molecule has 1 heterocycles. The van der Waals surface area contributed by atoms with Gasteiger partial charge < -0.3 is 10.1 Å². The average Bonchev–Trinajstić information content (AvgIpc) is 2.86. The van der Waals surface area contributed by atoms with Gasteiger partial charge in [0.15, 0.2) is 0 Å². The summed E-state index contributed by atoms with van der Waals surface area (Å²) in [6.07, 6.45) is 1.23. The molecule has 0 radical (unpaired) electrons. The normalized spacial score (nSPS) is 18.1. The fraction of sp³-hybridized carbons (Fsp3) is 0.333. The van der Waals surface area contributed by atoms with Crippen molar-refractivity contribution in [1.29, 1.82) is 0 Å². The van der Waals surface area contributed by atoms with Gasteiger partial charge >= 0.3 is 0 Å². The molecule has 3 heteroatoms. The van der Waals surface area contributed by atoms with Crippen LogP contribution in [0.1, 0.15) is 29.7 Å². The zero-order valence-corrected chi connectivity index (χ0v) is 14.0. The van der Waals surface area contributed by atoms with Crippen molar-refractivity contribution in [2.24, 2.45) is 0 Å². The second kappa shape index (κ2) is 6.20. The molecule has 2 aromatic carbocycles. The lowest BCUT2D eigenvalue weighted by Crippen LogP contribution is -2.31. The smallest absolute Gasteiger partial charge is 0.123 e. The van der Waals surface area contributed by atoms with Crippen LogP contribution in [0, 0.1) is 6.92 Å².